The smallest absolute Gasteiger partial charge is 0.416 e. The summed E-state index contributed by atoms with van der Waals surface area (Å²) in [6.45, 7) is 1.93. The number of rotatable bonds is 5. The molecule has 40 heavy (non-hydrogen) atoms. The van der Waals surface area contributed by atoms with Crippen LogP contribution in [0.2, 0.25) is 0 Å². The Bertz CT molecular complexity index is 1380. The zero-order valence-corrected chi connectivity index (χ0v) is 21.5. The van der Waals surface area contributed by atoms with Crippen LogP contribution in [0.5, 0.6) is 0 Å². The van der Waals surface area contributed by atoms with Crippen molar-refractivity contribution in [3.05, 3.63) is 70.9 Å². The van der Waals surface area contributed by atoms with Crippen LogP contribution in [0, 0.1) is 0 Å². The third kappa shape index (κ3) is 5.67. The Hall–Kier alpha value is -3.54. The topological polar surface area (TPSA) is 65.6 Å². The van der Waals surface area contributed by atoms with E-state index in [0.717, 1.165) is 16.5 Å². The van der Waals surface area contributed by atoms with Crippen LogP contribution in [-0.2, 0) is 28.3 Å². The van der Waals surface area contributed by atoms with Gasteiger partial charge in [0.25, 0.3) is 5.91 Å². The Morgan fingerprint density at radius 3 is 2.27 bits per heavy atom. The Kier molecular flexibility index (Phi) is 7.32. The van der Waals surface area contributed by atoms with E-state index in [0.29, 0.717) is 37.9 Å². The van der Waals surface area contributed by atoms with E-state index < -0.39 is 47.0 Å². The molecule has 2 fully saturated rings. The van der Waals surface area contributed by atoms with Crippen molar-refractivity contribution in [2.24, 2.45) is 0 Å². The van der Waals surface area contributed by atoms with Crippen molar-refractivity contribution in [2.45, 2.75) is 56.7 Å². The first kappa shape index (κ1) is 28.0. The first-order valence-electron chi connectivity index (χ1n) is 12.9. The van der Waals surface area contributed by atoms with Crippen LogP contribution in [0.1, 0.15) is 46.8 Å². The van der Waals surface area contributed by atoms with Gasteiger partial charge >= 0.3 is 18.3 Å². The molecule has 0 spiro atoms. The Morgan fingerprint density at radius 2 is 1.62 bits per heavy atom. The van der Waals surface area contributed by atoms with Gasteiger partial charge < -0.3 is 14.6 Å². The first-order chi connectivity index (χ1) is 18.8. The highest BCUT2D eigenvalue weighted by Gasteiger charge is 2.44. The lowest BCUT2D eigenvalue weighted by Gasteiger charge is -2.45. The van der Waals surface area contributed by atoms with Gasteiger partial charge in [-0.15, -0.1) is 0 Å². The number of alkyl halides is 6. The Balaban J connectivity index is 1.51. The molecule has 2 aliphatic heterocycles. The van der Waals surface area contributed by atoms with Gasteiger partial charge in [-0.3, -0.25) is 14.5 Å². The van der Waals surface area contributed by atoms with Gasteiger partial charge in [0.05, 0.1) is 11.1 Å². The Labute approximate surface area is 225 Å². The number of H-pyrrole nitrogens is 1. The largest absolute Gasteiger partial charge is 0.464 e. The summed E-state index contributed by atoms with van der Waals surface area (Å²) in [6.07, 6.45) is -6.68. The lowest BCUT2D eigenvalue weighted by molar-refractivity contribution is -0.144. The number of benzene rings is 2. The number of ether oxygens (including phenoxy) is 1. The zero-order chi connectivity index (χ0) is 28.8. The monoisotopic (exact) mass is 567 g/mol. The molecule has 3 aromatic rings. The van der Waals surface area contributed by atoms with Gasteiger partial charge in [-0.25, -0.2) is 0 Å². The van der Waals surface area contributed by atoms with E-state index >= 15 is 0 Å². The number of para-hydroxylation sites is 1. The summed E-state index contributed by atoms with van der Waals surface area (Å²) < 4.78 is 86.4. The number of hydrogen-bond acceptors (Lipinski definition) is 4. The number of aromatic nitrogens is 1. The van der Waals surface area contributed by atoms with E-state index in [1.807, 2.05) is 24.3 Å². The van der Waals surface area contributed by atoms with Gasteiger partial charge in [-0.05, 0) is 49.1 Å². The normalized spacial score (nSPS) is 22.0. The number of carbonyl (C=O) groups excluding carboxylic acids is 2. The number of halogens is 6. The summed E-state index contributed by atoms with van der Waals surface area (Å²) >= 11 is 0. The number of esters is 1. The molecule has 3 unspecified atom stereocenters. The standard InChI is InChI=1S/C28H27F6N3O3/c1-16(38)40-15-22-7-6-21-13-37(23(14-36(21)22)10-18-12-35-25-5-3-2-4-24(18)25)26(39)17-8-19(27(29,30)31)11-20(9-17)28(32,33)34/h2-5,8-9,11-12,21-23,35H,6-7,10,13-15H2,1H3. The van der Waals surface area contributed by atoms with Crippen LogP contribution in [0.4, 0.5) is 26.3 Å². The number of hydrogen-bond donors (Lipinski definition) is 1. The minimum absolute atomic E-state index is 0.0226. The van der Waals surface area contributed by atoms with Crippen molar-refractivity contribution in [3.63, 3.8) is 0 Å². The minimum atomic E-state index is -5.06. The average molecular weight is 568 g/mol. The minimum Gasteiger partial charge on any atom is -0.464 e. The molecular weight excluding hydrogens is 540 g/mol. The zero-order valence-electron chi connectivity index (χ0n) is 21.5. The fraction of sp³-hybridized carbons (Fsp3) is 0.429. The van der Waals surface area contributed by atoms with Gasteiger partial charge in [-0.1, -0.05) is 18.2 Å². The maximum atomic E-state index is 13.7. The third-order valence-corrected chi connectivity index (χ3v) is 7.75. The molecule has 2 aromatic carbocycles. The molecule has 2 saturated heterocycles. The second-order valence-electron chi connectivity index (χ2n) is 10.4. The number of amides is 1. The van der Waals surface area contributed by atoms with E-state index in [9.17, 15) is 35.9 Å². The molecule has 3 heterocycles. The van der Waals surface area contributed by atoms with Gasteiger partial charge in [0.1, 0.15) is 6.61 Å². The highest BCUT2D eigenvalue weighted by atomic mass is 19.4. The molecule has 0 saturated carbocycles. The molecule has 6 nitrogen and oxygen atoms in total. The second kappa shape index (κ2) is 10.5. The molecule has 12 heteroatoms. The quantitative estimate of drug-likeness (QED) is 0.319. The third-order valence-electron chi connectivity index (χ3n) is 7.75. The van der Waals surface area contributed by atoms with Gasteiger partial charge in [0.15, 0.2) is 0 Å². The van der Waals surface area contributed by atoms with Crippen LogP contribution in [0.25, 0.3) is 10.9 Å². The summed E-state index contributed by atoms with van der Waals surface area (Å²) in [5.74, 6) is -1.30. The van der Waals surface area contributed by atoms with Crippen LogP contribution < -0.4 is 0 Å². The highest BCUT2D eigenvalue weighted by Crippen LogP contribution is 2.38. The number of nitrogens with one attached hydrogen (secondary N) is 1. The molecule has 0 bridgehead atoms. The van der Waals surface area contributed by atoms with Crippen LogP contribution >= 0.6 is 0 Å². The van der Waals surface area contributed by atoms with Crippen LogP contribution in [0.15, 0.2) is 48.7 Å². The number of carbonyl (C=O) groups is 2. The molecule has 0 radical (unpaired) electrons. The lowest BCUT2D eigenvalue weighted by Crippen LogP contribution is -2.60. The van der Waals surface area contributed by atoms with Crippen molar-refractivity contribution < 1.29 is 40.7 Å². The highest BCUT2D eigenvalue weighted by molar-refractivity contribution is 5.95. The summed E-state index contributed by atoms with van der Waals surface area (Å²) in [5.41, 5.74) is -1.98. The fourth-order valence-electron chi connectivity index (χ4n) is 5.84. The molecule has 1 amide bonds. The van der Waals surface area contributed by atoms with Crippen molar-refractivity contribution in [2.75, 3.05) is 19.7 Å². The summed E-state index contributed by atoms with van der Waals surface area (Å²) in [6, 6.07) is 7.69. The fourth-order valence-corrected chi connectivity index (χ4v) is 5.84. The Morgan fingerprint density at radius 1 is 0.950 bits per heavy atom. The number of fused-ring (bicyclic) bond motifs is 2. The van der Waals surface area contributed by atoms with Crippen molar-refractivity contribution >= 4 is 22.8 Å². The molecule has 0 aliphatic carbocycles. The number of nitrogens with zero attached hydrogens (tertiary/aromatic N) is 2. The molecule has 214 valence electrons. The van der Waals surface area contributed by atoms with E-state index in [2.05, 4.69) is 9.88 Å². The van der Waals surface area contributed by atoms with Gasteiger partial charge in [0.2, 0.25) is 0 Å². The van der Waals surface area contributed by atoms with E-state index in [4.69, 9.17) is 4.74 Å². The van der Waals surface area contributed by atoms with E-state index in [1.165, 1.54) is 11.8 Å². The molecule has 3 atom stereocenters. The molecular formula is C28H27F6N3O3. The predicted octanol–water partition coefficient (Wildman–Crippen LogP) is 5.67. The maximum absolute atomic E-state index is 13.7. The van der Waals surface area contributed by atoms with E-state index in [-0.39, 0.29) is 31.3 Å². The van der Waals surface area contributed by atoms with Gasteiger partial charge in [0, 0.05) is 60.8 Å². The number of aromatic amines is 1. The average Bonchev–Trinajstić information content (AvgIpc) is 3.49. The molecule has 1 aromatic heterocycles. The maximum Gasteiger partial charge on any atom is 0.416 e. The van der Waals surface area contributed by atoms with E-state index in [1.54, 1.807) is 6.20 Å². The van der Waals surface area contributed by atoms with Crippen LogP contribution in [-0.4, -0.2) is 64.5 Å². The molecule has 2 aliphatic rings. The van der Waals surface area contributed by atoms with Crippen molar-refractivity contribution in [3.8, 4) is 0 Å². The van der Waals surface area contributed by atoms with Gasteiger partial charge in [-0.2, -0.15) is 26.3 Å². The molecule has 5 rings (SSSR count). The van der Waals surface area contributed by atoms with Crippen LogP contribution in [0.3, 0.4) is 0 Å². The summed E-state index contributed by atoms with van der Waals surface area (Å²) in [5, 5.41) is 0.910. The first-order valence-corrected chi connectivity index (χ1v) is 12.9. The van der Waals surface area contributed by atoms with Crippen molar-refractivity contribution in [1.82, 2.24) is 14.8 Å². The number of piperazine rings is 1. The molecule has 1 N–H and O–H groups in total. The second-order valence-corrected chi connectivity index (χ2v) is 10.4. The summed E-state index contributed by atoms with van der Waals surface area (Å²) in [4.78, 5) is 31.9. The SMILES string of the molecule is CC(=O)OCC1CCC2CN(C(=O)c3cc(C(F)(F)F)cc(C(F)(F)F)c3)C(Cc3c[nH]c4ccccc34)CN12. The predicted molar refractivity (Wildman–Crippen MR) is 133 cm³/mol. The lowest BCUT2D eigenvalue weighted by atomic mass is 9.97. The summed E-state index contributed by atoms with van der Waals surface area (Å²) in [7, 11) is 0. The van der Waals surface area contributed by atoms with Crippen molar-refractivity contribution in [1.29, 1.82) is 0 Å².